The Balaban J connectivity index is 2.08. The summed E-state index contributed by atoms with van der Waals surface area (Å²) in [6.07, 6.45) is 1.95. The highest BCUT2D eigenvalue weighted by Gasteiger charge is 2.02. The molecule has 0 spiro atoms. The fraction of sp³-hybridized carbons (Fsp3) is 0.333. The summed E-state index contributed by atoms with van der Waals surface area (Å²) < 4.78 is 1.79. The molecule has 0 radical (unpaired) electrons. The summed E-state index contributed by atoms with van der Waals surface area (Å²) in [5.41, 5.74) is 1.99. The molecule has 2 aromatic rings. The maximum Gasteiger partial charge on any atom is 0.0969 e. The molecule has 0 amide bonds. The first-order chi connectivity index (χ1) is 7.75. The van der Waals surface area contributed by atoms with E-state index in [1.54, 1.807) is 4.68 Å². The van der Waals surface area contributed by atoms with E-state index in [0.29, 0.717) is 6.04 Å². The second-order valence-corrected chi connectivity index (χ2v) is 4.03. The topological polar surface area (TPSA) is 42.7 Å². The highest BCUT2D eigenvalue weighted by Crippen LogP contribution is 2.05. The Morgan fingerprint density at radius 1 is 1.25 bits per heavy atom. The molecule has 0 saturated carbocycles. The molecule has 0 fully saturated rings. The van der Waals surface area contributed by atoms with Crippen molar-refractivity contribution in [2.75, 3.05) is 0 Å². The molecule has 4 heteroatoms. The molecule has 0 unspecified atom stereocenters. The van der Waals surface area contributed by atoms with E-state index in [-0.39, 0.29) is 0 Å². The van der Waals surface area contributed by atoms with Gasteiger partial charge in [0, 0.05) is 12.6 Å². The number of hydrogen-bond donors (Lipinski definition) is 1. The number of para-hydroxylation sites is 1. The Morgan fingerprint density at radius 3 is 2.69 bits per heavy atom. The second-order valence-electron chi connectivity index (χ2n) is 4.03. The van der Waals surface area contributed by atoms with Crippen LogP contribution in [0.15, 0.2) is 36.5 Å². The summed E-state index contributed by atoms with van der Waals surface area (Å²) in [7, 11) is 0. The lowest BCUT2D eigenvalue weighted by atomic mass is 10.3. The maximum atomic E-state index is 4.11. The lowest BCUT2D eigenvalue weighted by molar-refractivity contribution is 0.580. The van der Waals surface area contributed by atoms with Gasteiger partial charge in [-0.15, -0.1) is 5.10 Å². The number of benzene rings is 1. The van der Waals surface area contributed by atoms with Crippen molar-refractivity contribution in [3.05, 3.63) is 42.2 Å². The number of nitrogens with one attached hydrogen (secondary N) is 1. The van der Waals surface area contributed by atoms with Gasteiger partial charge in [-0.25, -0.2) is 4.68 Å². The molecule has 16 heavy (non-hydrogen) atoms. The van der Waals surface area contributed by atoms with Crippen molar-refractivity contribution in [2.45, 2.75) is 26.4 Å². The zero-order valence-electron chi connectivity index (χ0n) is 9.59. The van der Waals surface area contributed by atoms with Crippen LogP contribution in [0.3, 0.4) is 0 Å². The zero-order valence-corrected chi connectivity index (χ0v) is 9.59. The summed E-state index contributed by atoms with van der Waals surface area (Å²) in [6.45, 7) is 4.98. The fourth-order valence-corrected chi connectivity index (χ4v) is 1.40. The summed E-state index contributed by atoms with van der Waals surface area (Å²) in [5, 5.41) is 11.5. The molecule has 1 heterocycles. The van der Waals surface area contributed by atoms with Crippen molar-refractivity contribution in [1.29, 1.82) is 0 Å². The van der Waals surface area contributed by atoms with E-state index < -0.39 is 0 Å². The van der Waals surface area contributed by atoms with Crippen molar-refractivity contribution in [1.82, 2.24) is 20.3 Å². The third kappa shape index (κ3) is 2.67. The molecule has 1 aromatic carbocycles. The molecule has 0 aliphatic heterocycles. The molecule has 1 N–H and O–H groups in total. The van der Waals surface area contributed by atoms with E-state index in [9.17, 15) is 0 Å². The molecular weight excluding hydrogens is 200 g/mol. The van der Waals surface area contributed by atoms with Crippen LogP contribution in [-0.4, -0.2) is 21.0 Å². The molecule has 4 nitrogen and oxygen atoms in total. The van der Waals surface area contributed by atoms with Gasteiger partial charge in [0.15, 0.2) is 0 Å². The molecular formula is C12H16N4. The number of hydrogen-bond acceptors (Lipinski definition) is 3. The lowest BCUT2D eigenvalue weighted by Crippen LogP contribution is -2.21. The number of rotatable bonds is 4. The van der Waals surface area contributed by atoms with Crippen LogP contribution in [0.4, 0.5) is 0 Å². The fourth-order valence-electron chi connectivity index (χ4n) is 1.40. The van der Waals surface area contributed by atoms with Crippen molar-refractivity contribution >= 4 is 0 Å². The van der Waals surface area contributed by atoms with Gasteiger partial charge in [-0.05, 0) is 12.1 Å². The van der Waals surface area contributed by atoms with E-state index in [2.05, 4.69) is 29.5 Å². The van der Waals surface area contributed by atoms with E-state index in [4.69, 9.17) is 0 Å². The first-order valence-corrected chi connectivity index (χ1v) is 5.46. The normalized spacial score (nSPS) is 10.9. The molecule has 0 aliphatic rings. The van der Waals surface area contributed by atoms with Crippen LogP contribution >= 0.6 is 0 Å². The molecule has 0 saturated heterocycles. The van der Waals surface area contributed by atoms with E-state index in [1.807, 2.05) is 36.5 Å². The third-order valence-corrected chi connectivity index (χ3v) is 2.25. The van der Waals surface area contributed by atoms with Gasteiger partial charge >= 0.3 is 0 Å². The van der Waals surface area contributed by atoms with E-state index in [1.165, 1.54) is 0 Å². The van der Waals surface area contributed by atoms with Gasteiger partial charge in [0.05, 0.1) is 17.6 Å². The van der Waals surface area contributed by atoms with Crippen molar-refractivity contribution < 1.29 is 0 Å². The lowest BCUT2D eigenvalue weighted by Gasteiger charge is -2.04. The average molecular weight is 216 g/mol. The van der Waals surface area contributed by atoms with Gasteiger partial charge < -0.3 is 5.32 Å². The van der Waals surface area contributed by atoms with Gasteiger partial charge in [0.2, 0.25) is 0 Å². The van der Waals surface area contributed by atoms with Crippen LogP contribution < -0.4 is 5.32 Å². The van der Waals surface area contributed by atoms with Gasteiger partial charge in [-0.2, -0.15) is 0 Å². The quantitative estimate of drug-likeness (QED) is 0.847. The molecule has 0 bridgehead atoms. The zero-order chi connectivity index (χ0) is 11.4. The molecule has 0 aliphatic carbocycles. The Hall–Kier alpha value is -1.68. The third-order valence-electron chi connectivity index (χ3n) is 2.25. The molecule has 1 aromatic heterocycles. The average Bonchev–Trinajstić information content (AvgIpc) is 2.76. The summed E-state index contributed by atoms with van der Waals surface area (Å²) in [4.78, 5) is 0. The van der Waals surface area contributed by atoms with Gasteiger partial charge in [-0.1, -0.05) is 37.3 Å². The summed E-state index contributed by atoms with van der Waals surface area (Å²) in [6, 6.07) is 10.4. The second kappa shape index (κ2) is 4.90. The van der Waals surface area contributed by atoms with Crippen molar-refractivity contribution in [3.8, 4) is 5.69 Å². The Kier molecular flexibility index (Phi) is 3.31. The maximum absolute atomic E-state index is 4.11. The Morgan fingerprint density at radius 2 is 2.00 bits per heavy atom. The number of nitrogens with zero attached hydrogens (tertiary/aromatic N) is 3. The van der Waals surface area contributed by atoms with Crippen LogP contribution in [0.5, 0.6) is 0 Å². The minimum absolute atomic E-state index is 0.460. The molecule has 2 rings (SSSR count). The minimum Gasteiger partial charge on any atom is -0.309 e. The van der Waals surface area contributed by atoms with Gasteiger partial charge in [0.1, 0.15) is 0 Å². The van der Waals surface area contributed by atoms with Crippen molar-refractivity contribution in [2.24, 2.45) is 0 Å². The van der Waals surface area contributed by atoms with E-state index in [0.717, 1.165) is 17.9 Å². The molecule has 84 valence electrons. The Labute approximate surface area is 95.3 Å². The SMILES string of the molecule is CC(C)NCc1cn(-c2ccccc2)nn1. The monoisotopic (exact) mass is 216 g/mol. The van der Waals surface area contributed by atoms with Crippen LogP contribution in [0.1, 0.15) is 19.5 Å². The van der Waals surface area contributed by atoms with Crippen LogP contribution in [0, 0.1) is 0 Å². The Bertz CT molecular complexity index is 433. The largest absolute Gasteiger partial charge is 0.309 e. The molecule has 0 atom stereocenters. The van der Waals surface area contributed by atoms with Gasteiger partial charge in [0.25, 0.3) is 0 Å². The number of aromatic nitrogens is 3. The smallest absolute Gasteiger partial charge is 0.0969 e. The minimum atomic E-state index is 0.460. The summed E-state index contributed by atoms with van der Waals surface area (Å²) >= 11 is 0. The predicted octanol–water partition coefficient (Wildman–Crippen LogP) is 1.77. The predicted molar refractivity (Wildman–Crippen MR) is 63.3 cm³/mol. The first-order valence-electron chi connectivity index (χ1n) is 5.46. The van der Waals surface area contributed by atoms with Gasteiger partial charge in [-0.3, -0.25) is 0 Å². The van der Waals surface area contributed by atoms with Crippen LogP contribution in [-0.2, 0) is 6.54 Å². The summed E-state index contributed by atoms with van der Waals surface area (Å²) in [5.74, 6) is 0. The highest BCUT2D eigenvalue weighted by molar-refractivity contribution is 5.29. The van der Waals surface area contributed by atoms with Crippen molar-refractivity contribution in [3.63, 3.8) is 0 Å². The standard InChI is InChI=1S/C12H16N4/c1-10(2)13-8-11-9-16(15-14-11)12-6-4-3-5-7-12/h3-7,9-10,13H,8H2,1-2H3. The first kappa shape index (κ1) is 10.8. The van der Waals surface area contributed by atoms with Crippen LogP contribution in [0.25, 0.3) is 5.69 Å². The van der Waals surface area contributed by atoms with E-state index >= 15 is 0 Å². The highest BCUT2D eigenvalue weighted by atomic mass is 15.4. The van der Waals surface area contributed by atoms with Crippen LogP contribution in [0.2, 0.25) is 0 Å².